The van der Waals surface area contributed by atoms with Crippen molar-refractivity contribution in [3.8, 4) is 5.75 Å². The molecule has 0 amide bonds. The van der Waals surface area contributed by atoms with Gasteiger partial charge in [0.15, 0.2) is 16.6 Å². The number of hydrogen-bond donors (Lipinski definition) is 1. The molecule has 274 valence electrons. The minimum atomic E-state index is -1.84. The van der Waals surface area contributed by atoms with Gasteiger partial charge in [0, 0.05) is 0 Å². The molecule has 0 aromatic heterocycles. The van der Waals surface area contributed by atoms with Crippen LogP contribution in [-0.4, -0.2) is 66.0 Å². The van der Waals surface area contributed by atoms with Crippen LogP contribution in [0, 0.1) is 0 Å². The Morgan fingerprint density at radius 3 is 1.98 bits per heavy atom. The smallest absolute Gasteiger partial charge is 0.192 e. The van der Waals surface area contributed by atoms with Gasteiger partial charge >= 0.3 is 0 Å². The van der Waals surface area contributed by atoms with Crippen LogP contribution in [0.1, 0.15) is 100 Å². The molecule has 0 spiro atoms. The Morgan fingerprint density at radius 1 is 0.854 bits per heavy atom. The Kier molecular flexibility index (Phi) is 18.6. The third kappa shape index (κ3) is 12.7. The van der Waals surface area contributed by atoms with E-state index >= 15 is 0 Å². The number of rotatable bonds is 25. The topological polar surface area (TPSA) is 69.7 Å². The Labute approximate surface area is 296 Å². The van der Waals surface area contributed by atoms with Crippen molar-refractivity contribution in [2.45, 2.75) is 162 Å². The molecule has 0 bridgehead atoms. The van der Waals surface area contributed by atoms with E-state index in [9.17, 15) is 5.11 Å². The zero-order chi connectivity index (χ0) is 35.8. The molecular formula is C40H70O6Si2. The average molecular weight is 703 g/mol. The minimum Gasteiger partial charge on any atom is -0.497 e. The average Bonchev–Trinajstić information content (AvgIpc) is 3.80. The summed E-state index contributed by atoms with van der Waals surface area (Å²) in [5.74, 6) is 0.860. The van der Waals surface area contributed by atoms with Gasteiger partial charge in [-0.05, 0) is 113 Å². The Bertz CT molecular complexity index is 1140. The van der Waals surface area contributed by atoms with Crippen molar-refractivity contribution in [1.29, 1.82) is 0 Å². The van der Waals surface area contributed by atoms with E-state index in [-0.39, 0.29) is 30.5 Å². The molecule has 0 radical (unpaired) electrons. The summed E-state index contributed by atoms with van der Waals surface area (Å²) >= 11 is 0. The van der Waals surface area contributed by atoms with Crippen molar-refractivity contribution in [2.75, 3.05) is 20.3 Å². The first kappa shape index (κ1) is 42.6. The van der Waals surface area contributed by atoms with Crippen molar-refractivity contribution < 1.29 is 28.2 Å². The number of aliphatic hydroxyl groups excluding tert-OH is 1. The number of hydrogen-bond acceptors (Lipinski definition) is 6. The maximum absolute atomic E-state index is 9.65. The molecule has 1 aromatic rings. The van der Waals surface area contributed by atoms with Gasteiger partial charge in [0.05, 0.1) is 45.2 Å². The second-order valence-electron chi connectivity index (χ2n) is 14.1. The van der Waals surface area contributed by atoms with Crippen LogP contribution < -0.4 is 4.74 Å². The number of epoxide rings is 1. The lowest BCUT2D eigenvalue weighted by Crippen LogP contribution is -2.45. The molecule has 0 aliphatic carbocycles. The fourth-order valence-electron chi connectivity index (χ4n) is 6.58. The molecule has 6 nitrogen and oxygen atoms in total. The van der Waals surface area contributed by atoms with Crippen LogP contribution in [-0.2, 0) is 24.9 Å². The number of ether oxygens (including phenoxy) is 3. The molecule has 48 heavy (non-hydrogen) atoms. The van der Waals surface area contributed by atoms with E-state index in [2.05, 4.69) is 80.5 Å². The van der Waals surface area contributed by atoms with Gasteiger partial charge in [0.2, 0.25) is 0 Å². The minimum absolute atomic E-state index is 0.00340. The molecule has 1 N–H and O–H groups in total. The van der Waals surface area contributed by atoms with E-state index in [0.717, 1.165) is 78.8 Å². The lowest BCUT2D eigenvalue weighted by atomic mass is 9.94. The van der Waals surface area contributed by atoms with Crippen LogP contribution in [0.5, 0.6) is 5.75 Å². The highest BCUT2D eigenvalue weighted by atomic mass is 28.4. The second kappa shape index (κ2) is 21.0. The molecule has 8 heteroatoms. The van der Waals surface area contributed by atoms with Crippen LogP contribution in [0.2, 0.25) is 36.3 Å². The van der Waals surface area contributed by atoms with Crippen LogP contribution >= 0.6 is 0 Å². The summed E-state index contributed by atoms with van der Waals surface area (Å²) in [6, 6.07) is 14.8. The van der Waals surface area contributed by atoms with Gasteiger partial charge in [0.25, 0.3) is 0 Å². The van der Waals surface area contributed by atoms with Gasteiger partial charge in [0.1, 0.15) is 11.4 Å². The first-order chi connectivity index (χ1) is 22.9. The molecule has 1 saturated heterocycles. The van der Waals surface area contributed by atoms with Gasteiger partial charge in [-0.15, -0.1) is 0 Å². The van der Waals surface area contributed by atoms with Gasteiger partial charge in [-0.2, -0.15) is 0 Å². The second-order valence-corrected chi connectivity index (χ2v) is 23.5. The first-order valence-electron chi connectivity index (χ1n) is 18.8. The van der Waals surface area contributed by atoms with Crippen LogP contribution in [0.25, 0.3) is 0 Å². The van der Waals surface area contributed by atoms with Crippen molar-refractivity contribution >= 4 is 16.6 Å². The Hall–Kier alpha value is -1.53. The SMILES string of the molecule is CC[Si](CC)(CC)O[C@@H](CC/C(C)=C/COCc1ccc(OC)cc1)/C(C)=C\C[C@@H]1O[C@]1(C)[C@H](C/C=C(\C)CO)O[Si](CC)(CC)CC. The van der Waals surface area contributed by atoms with Gasteiger partial charge in [-0.3, -0.25) is 0 Å². The normalized spacial score (nSPS) is 20.6. The monoisotopic (exact) mass is 702 g/mol. The molecule has 1 heterocycles. The fourth-order valence-corrected chi connectivity index (χ4v) is 12.4. The Balaban J connectivity index is 2.13. The summed E-state index contributed by atoms with van der Waals surface area (Å²) in [5.41, 5.74) is 4.46. The van der Waals surface area contributed by atoms with Crippen molar-refractivity contribution in [3.63, 3.8) is 0 Å². The molecule has 0 saturated carbocycles. The van der Waals surface area contributed by atoms with E-state index in [4.69, 9.17) is 23.1 Å². The third-order valence-electron chi connectivity index (χ3n) is 11.1. The van der Waals surface area contributed by atoms with E-state index in [1.165, 1.54) is 11.1 Å². The molecule has 1 aromatic carbocycles. The summed E-state index contributed by atoms with van der Waals surface area (Å²) in [5, 5.41) is 9.65. The maximum Gasteiger partial charge on any atom is 0.192 e. The molecular weight excluding hydrogens is 633 g/mol. The van der Waals surface area contributed by atoms with Gasteiger partial charge < -0.3 is 28.2 Å². The lowest BCUT2D eigenvalue weighted by molar-refractivity contribution is 0.0981. The predicted octanol–water partition coefficient (Wildman–Crippen LogP) is 10.5. The summed E-state index contributed by atoms with van der Waals surface area (Å²) in [6.45, 7) is 23.7. The van der Waals surface area contributed by atoms with Crippen LogP contribution in [0.4, 0.5) is 0 Å². The lowest BCUT2D eigenvalue weighted by Gasteiger charge is -2.35. The number of benzene rings is 1. The molecule has 2 rings (SSSR count). The summed E-state index contributed by atoms with van der Waals surface area (Å²) in [4.78, 5) is 0. The summed E-state index contributed by atoms with van der Waals surface area (Å²) < 4.78 is 31.9. The van der Waals surface area contributed by atoms with E-state index in [1.807, 2.05) is 31.2 Å². The van der Waals surface area contributed by atoms with E-state index in [1.54, 1.807) is 7.11 Å². The summed E-state index contributed by atoms with van der Waals surface area (Å²) in [7, 11) is -1.97. The number of methoxy groups -OCH3 is 1. The molecule has 1 aliphatic heterocycles. The largest absolute Gasteiger partial charge is 0.497 e. The van der Waals surface area contributed by atoms with Gasteiger partial charge in [-0.1, -0.05) is 83.0 Å². The van der Waals surface area contributed by atoms with Gasteiger partial charge in [-0.25, -0.2) is 0 Å². The zero-order valence-electron chi connectivity index (χ0n) is 32.5. The summed E-state index contributed by atoms with van der Waals surface area (Å²) in [6.07, 6.45) is 10.5. The maximum atomic E-state index is 9.65. The molecule has 1 fully saturated rings. The highest BCUT2D eigenvalue weighted by Crippen LogP contribution is 2.46. The van der Waals surface area contributed by atoms with Crippen molar-refractivity contribution in [2.24, 2.45) is 0 Å². The Morgan fingerprint density at radius 2 is 1.44 bits per heavy atom. The predicted molar refractivity (Wildman–Crippen MR) is 207 cm³/mol. The quantitative estimate of drug-likeness (QED) is 0.0473. The van der Waals surface area contributed by atoms with Crippen LogP contribution in [0.3, 0.4) is 0 Å². The van der Waals surface area contributed by atoms with Crippen LogP contribution in [0.15, 0.2) is 59.2 Å². The third-order valence-corrected chi connectivity index (χ3v) is 20.4. The highest BCUT2D eigenvalue weighted by Gasteiger charge is 2.58. The number of aliphatic hydroxyl groups is 1. The first-order valence-corrected chi connectivity index (χ1v) is 23.8. The molecule has 1 aliphatic rings. The number of allylic oxidation sites excluding steroid dienone is 1. The fraction of sp³-hybridized carbons (Fsp3) is 0.700. The van der Waals surface area contributed by atoms with E-state index < -0.39 is 16.6 Å². The van der Waals surface area contributed by atoms with E-state index in [0.29, 0.717) is 13.2 Å². The molecule has 0 unspecified atom stereocenters. The van der Waals surface area contributed by atoms with Crippen molar-refractivity contribution in [3.05, 3.63) is 64.8 Å². The zero-order valence-corrected chi connectivity index (χ0v) is 34.5. The standard InChI is InChI=1S/C40H70O6Si2/c1-12-47(13-2,14-3)45-37(25-18-32(7)28-29-43-31-35-21-23-36(42-11)24-22-35)34(9)20-27-38-40(10,44-38)39(26-19-33(8)30-41)46-48(15-4,16-5)17-6/h19-24,28,37-39,41H,12-18,25-27,29-31H2,1-11H3/b32-28+,33-19+,34-20-/t37-,38-,39-,40-/m0/s1. The van der Waals surface area contributed by atoms with Crippen molar-refractivity contribution in [1.82, 2.24) is 0 Å². The highest BCUT2D eigenvalue weighted by molar-refractivity contribution is 6.74. The molecule has 4 atom stereocenters.